The first-order chi connectivity index (χ1) is 13.9. The van der Waals surface area contributed by atoms with Gasteiger partial charge in [-0.2, -0.15) is 5.10 Å². The molecule has 1 aliphatic heterocycles. The van der Waals surface area contributed by atoms with Crippen molar-refractivity contribution in [3.05, 3.63) is 81.5 Å². The number of aromatic amines is 1. The molecular weight excluding hydrogens is 411 g/mol. The number of urea groups is 1. The number of aromatic nitrogens is 2. The van der Waals surface area contributed by atoms with Crippen molar-refractivity contribution in [3.8, 4) is 0 Å². The molecule has 3 N–H and O–H groups in total. The number of H-pyrrole nitrogens is 1. The van der Waals surface area contributed by atoms with Crippen molar-refractivity contribution in [2.24, 2.45) is 0 Å². The van der Waals surface area contributed by atoms with E-state index >= 15 is 0 Å². The summed E-state index contributed by atoms with van der Waals surface area (Å²) in [5, 5.41) is 23.0. The van der Waals surface area contributed by atoms with Gasteiger partial charge >= 0.3 is 6.03 Å². The minimum atomic E-state index is -1.28. The number of halogens is 2. The van der Waals surface area contributed by atoms with Gasteiger partial charge in [0.25, 0.3) is 0 Å². The highest BCUT2D eigenvalue weighted by Gasteiger charge is 2.38. The second-order valence-corrected chi connectivity index (χ2v) is 8.12. The van der Waals surface area contributed by atoms with E-state index in [0.717, 1.165) is 22.0 Å². The van der Waals surface area contributed by atoms with Crippen LogP contribution in [0, 0.1) is 0 Å². The highest BCUT2D eigenvalue weighted by Crippen LogP contribution is 2.42. The molecule has 6 nitrogen and oxygen atoms in total. The lowest BCUT2D eigenvalue weighted by Gasteiger charge is -2.22. The Kier molecular flexibility index (Phi) is 4.17. The second-order valence-electron chi connectivity index (χ2n) is 7.24. The van der Waals surface area contributed by atoms with E-state index in [1.54, 1.807) is 59.6 Å². The fourth-order valence-corrected chi connectivity index (χ4v) is 4.25. The third-order valence-electron chi connectivity index (χ3n) is 5.26. The molecule has 8 heteroatoms. The average Bonchev–Trinajstić information content (AvgIpc) is 3.36. The SMILES string of the molecule is O=C(Nc1ccc(Cl)cc1)N1CC2=CC(O)(c3cc(Cl)cc4[nH]ncc34)C=C2C1. The lowest BCUT2D eigenvalue weighted by Crippen LogP contribution is -2.33. The van der Waals surface area contributed by atoms with E-state index in [2.05, 4.69) is 15.5 Å². The van der Waals surface area contributed by atoms with Crippen molar-refractivity contribution >= 4 is 45.8 Å². The number of carbonyl (C=O) groups is 1. The molecule has 3 aromatic rings. The lowest BCUT2D eigenvalue weighted by molar-refractivity contribution is 0.146. The van der Waals surface area contributed by atoms with Crippen molar-refractivity contribution in [1.82, 2.24) is 15.1 Å². The number of carbonyl (C=O) groups excluding carboxylic acids is 1. The van der Waals surface area contributed by atoms with Gasteiger partial charge in [-0.05, 0) is 59.7 Å². The Morgan fingerprint density at radius 3 is 2.48 bits per heavy atom. The number of hydrogen-bond acceptors (Lipinski definition) is 3. The number of fused-ring (bicyclic) bond motifs is 2. The van der Waals surface area contributed by atoms with Crippen molar-refractivity contribution in [3.63, 3.8) is 0 Å². The number of nitrogens with zero attached hydrogens (tertiary/aromatic N) is 2. The van der Waals surface area contributed by atoms with Crippen LogP contribution in [0.1, 0.15) is 5.56 Å². The van der Waals surface area contributed by atoms with Gasteiger partial charge in [-0.1, -0.05) is 23.2 Å². The Labute approximate surface area is 176 Å². The van der Waals surface area contributed by atoms with Crippen LogP contribution >= 0.6 is 23.2 Å². The Bertz CT molecular complexity index is 1180. The smallest absolute Gasteiger partial charge is 0.322 e. The van der Waals surface area contributed by atoms with E-state index in [1.165, 1.54) is 0 Å². The van der Waals surface area contributed by atoms with Crippen molar-refractivity contribution < 1.29 is 9.90 Å². The zero-order valence-corrected chi connectivity index (χ0v) is 16.6. The number of aliphatic hydroxyl groups is 1. The lowest BCUT2D eigenvalue weighted by atomic mass is 9.92. The van der Waals surface area contributed by atoms with Gasteiger partial charge in [0, 0.05) is 39.8 Å². The van der Waals surface area contributed by atoms with Crippen LogP contribution in [0.3, 0.4) is 0 Å². The van der Waals surface area contributed by atoms with Gasteiger partial charge in [0.15, 0.2) is 0 Å². The van der Waals surface area contributed by atoms with E-state index < -0.39 is 5.60 Å². The van der Waals surface area contributed by atoms with Crippen LogP contribution in [0.15, 0.2) is 65.9 Å². The molecule has 29 heavy (non-hydrogen) atoms. The van der Waals surface area contributed by atoms with E-state index in [0.29, 0.717) is 34.4 Å². The molecule has 1 saturated heterocycles. The third kappa shape index (κ3) is 3.19. The van der Waals surface area contributed by atoms with Gasteiger partial charge in [-0.15, -0.1) is 0 Å². The molecule has 2 heterocycles. The quantitative estimate of drug-likeness (QED) is 0.565. The average molecular weight is 427 g/mol. The maximum Gasteiger partial charge on any atom is 0.322 e. The van der Waals surface area contributed by atoms with Crippen LogP contribution < -0.4 is 5.32 Å². The summed E-state index contributed by atoms with van der Waals surface area (Å²) in [6, 6.07) is 10.3. The topological polar surface area (TPSA) is 81.3 Å². The van der Waals surface area contributed by atoms with E-state index in [1.807, 2.05) is 0 Å². The number of rotatable bonds is 2. The number of benzene rings is 2. The highest BCUT2D eigenvalue weighted by atomic mass is 35.5. The summed E-state index contributed by atoms with van der Waals surface area (Å²) in [5.41, 5.74) is 2.68. The van der Waals surface area contributed by atoms with Crippen LogP contribution in [-0.2, 0) is 5.60 Å². The molecule has 0 bridgehead atoms. The summed E-state index contributed by atoms with van der Waals surface area (Å²) in [5.74, 6) is 0. The Morgan fingerprint density at radius 2 is 1.79 bits per heavy atom. The first-order valence-corrected chi connectivity index (χ1v) is 9.78. The Hall–Kier alpha value is -2.80. The first kappa shape index (κ1) is 18.2. The minimum Gasteiger partial charge on any atom is -0.377 e. The fraction of sp³-hybridized carbons (Fsp3) is 0.143. The Balaban J connectivity index is 1.38. The maximum atomic E-state index is 12.6. The van der Waals surface area contributed by atoms with Crippen molar-refractivity contribution in [1.29, 1.82) is 0 Å². The van der Waals surface area contributed by atoms with Crippen molar-refractivity contribution in [2.45, 2.75) is 5.60 Å². The zero-order valence-electron chi connectivity index (χ0n) is 15.1. The van der Waals surface area contributed by atoms with E-state index in [4.69, 9.17) is 23.2 Å². The summed E-state index contributed by atoms with van der Waals surface area (Å²) in [4.78, 5) is 14.3. The van der Waals surface area contributed by atoms with Gasteiger partial charge in [-0.3, -0.25) is 5.10 Å². The molecule has 2 aliphatic rings. The minimum absolute atomic E-state index is 0.202. The summed E-state index contributed by atoms with van der Waals surface area (Å²) >= 11 is 12.1. The molecule has 0 saturated carbocycles. The zero-order chi connectivity index (χ0) is 20.2. The largest absolute Gasteiger partial charge is 0.377 e. The Morgan fingerprint density at radius 1 is 1.10 bits per heavy atom. The fourth-order valence-electron chi connectivity index (χ4n) is 3.90. The van der Waals surface area contributed by atoms with Gasteiger partial charge < -0.3 is 15.3 Å². The summed E-state index contributed by atoms with van der Waals surface area (Å²) in [6.07, 6.45) is 5.25. The summed E-state index contributed by atoms with van der Waals surface area (Å²) in [7, 11) is 0. The van der Waals surface area contributed by atoms with Crippen molar-refractivity contribution in [2.75, 3.05) is 18.4 Å². The molecule has 1 aliphatic carbocycles. The van der Waals surface area contributed by atoms with E-state index in [9.17, 15) is 9.90 Å². The van der Waals surface area contributed by atoms with Crippen LogP contribution in [0.2, 0.25) is 10.0 Å². The first-order valence-electron chi connectivity index (χ1n) is 9.02. The number of nitrogens with one attached hydrogen (secondary N) is 2. The molecule has 2 amide bonds. The molecule has 0 unspecified atom stereocenters. The standard InChI is InChI=1S/C21H16Cl2N4O2/c22-14-1-3-16(4-2-14)25-20(28)27-10-12-7-21(29,8-13(12)11-27)18-5-15(23)6-19-17(18)9-24-26-19/h1-9,29H,10-11H2,(H,24,26)(H,25,28). The third-order valence-corrected chi connectivity index (χ3v) is 5.73. The van der Waals surface area contributed by atoms with Crippen LogP contribution in [0.4, 0.5) is 10.5 Å². The van der Waals surface area contributed by atoms with E-state index in [-0.39, 0.29) is 6.03 Å². The van der Waals surface area contributed by atoms with Crippen LogP contribution in [0.25, 0.3) is 10.9 Å². The predicted octanol–water partition coefficient (Wildman–Crippen LogP) is 4.47. The highest BCUT2D eigenvalue weighted by molar-refractivity contribution is 6.31. The van der Waals surface area contributed by atoms with Gasteiger partial charge in [0.1, 0.15) is 5.60 Å². The molecule has 1 fully saturated rings. The second kappa shape index (κ2) is 6.62. The normalized spacial score (nSPS) is 17.3. The van der Waals surface area contributed by atoms with Gasteiger partial charge in [0.05, 0.1) is 11.7 Å². The predicted molar refractivity (Wildman–Crippen MR) is 113 cm³/mol. The van der Waals surface area contributed by atoms with Gasteiger partial charge in [-0.25, -0.2) is 4.79 Å². The van der Waals surface area contributed by atoms with Crippen LogP contribution in [-0.4, -0.2) is 39.3 Å². The number of amides is 2. The van der Waals surface area contributed by atoms with Crippen LogP contribution in [0.5, 0.6) is 0 Å². The number of hydrogen-bond donors (Lipinski definition) is 3. The summed E-state index contributed by atoms with van der Waals surface area (Å²) < 4.78 is 0. The molecular formula is C21H16Cl2N4O2. The molecule has 0 spiro atoms. The molecule has 0 atom stereocenters. The monoisotopic (exact) mass is 426 g/mol. The number of anilines is 1. The summed E-state index contributed by atoms with van der Waals surface area (Å²) in [6.45, 7) is 0.839. The molecule has 2 aromatic carbocycles. The molecule has 5 rings (SSSR count). The van der Waals surface area contributed by atoms with Gasteiger partial charge in [0.2, 0.25) is 0 Å². The molecule has 0 radical (unpaired) electrons. The maximum absolute atomic E-state index is 12.6. The molecule has 146 valence electrons. The number of likely N-dealkylation sites (tertiary alicyclic amines) is 1. The molecule has 1 aromatic heterocycles.